The van der Waals surface area contributed by atoms with Crippen LogP contribution in [0.15, 0.2) is 0 Å². The SMILES string of the molecule is CC(N)C1(CCCOCC(F)(F)F)CC1. The highest BCUT2D eigenvalue weighted by atomic mass is 19.4. The molecule has 0 bridgehead atoms. The van der Waals surface area contributed by atoms with Gasteiger partial charge in [0, 0.05) is 12.6 Å². The molecule has 1 aliphatic carbocycles. The molecule has 0 aromatic carbocycles. The van der Waals surface area contributed by atoms with Gasteiger partial charge in [-0.15, -0.1) is 0 Å². The van der Waals surface area contributed by atoms with E-state index in [2.05, 4.69) is 4.74 Å². The van der Waals surface area contributed by atoms with E-state index in [1.54, 1.807) is 0 Å². The van der Waals surface area contributed by atoms with Crippen LogP contribution >= 0.6 is 0 Å². The van der Waals surface area contributed by atoms with Crippen molar-refractivity contribution >= 4 is 0 Å². The van der Waals surface area contributed by atoms with E-state index in [1.165, 1.54) is 0 Å². The Labute approximate surface area is 88.0 Å². The Hall–Kier alpha value is -0.290. The lowest BCUT2D eigenvalue weighted by Gasteiger charge is -2.19. The smallest absolute Gasteiger partial charge is 0.372 e. The number of nitrogens with two attached hydrogens (primary N) is 1. The van der Waals surface area contributed by atoms with Gasteiger partial charge in [-0.05, 0) is 38.0 Å². The number of alkyl halides is 3. The molecule has 5 heteroatoms. The molecule has 1 unspecified atom stereocenters. The lowest BCUT2D eigenvalue weighted by molar-refractivity contribution is -0.174. The van der Waals surface area contributed by atoms with Crippen LogP contribution in [0, 0.1) is 5.41 Å². The first kappa shape index (κ1) is 12.8. The van der Waals surface area contributed by atoms with Crippen LogP contribution in [0.5, 0.6) is 0 Å². The summed E-state index contributed by atoms with van der Waals surface area (Å²) in [5, 5.41) is 0. The maximum Gasteiger partial charge on any atom is 0.411 e. The minimum Gasteiger partial charge on any atom is -0.372 e. The number of ether oxygens (including phenoxy) is 1. The number of hydrogen-bond donors (Lipinski definition) is 1. The lowest BCUT2D eigenvalue weighted by Crippen LogP contribution is -2.28. The van der Waals surface area contributed by atoms with Crippen LogP contribution in [-0.2, 0) is 4.74 Å². The number of halogens is 3. The van der Waals surface area contributed by atoms with Crippen molar-refractivity contribution in [2.45, 2.75) is 44.8 Å². The van der Waals surface area contributed by atoms with Gasteiger partial charge in [-0.2, -0.15) is 13.2 Å². The highest BCUT2D eigenvalue weighted by Gasteiger charge is 2.44. The molecule has 1 rings (SSSR count). The van der Waals surface area contributed by atoms with Crippen molar-refractivity contribution in [3.05, 3.63) is 0 Å². The van der Waals surface area contributed by atoms with Crippen LogP contribution in [0.1, 0.15) is 32.6 Å². The molecule has 15 heavy (non-hydrogen) atoms. The Morgan fingerprint density at radius 1 is 1.40 bits per heavy atom. The summed E-state index contributed by atoms with van der Waals surface area (Å²) in [6.45, 7) is 0.996. The third kappa shape index (κ3) is 4.38. The quantitative estimate of drug-likeness (QED) is 0.705. The predicted molar refractivity (Wildman–Crippen MR) is 51.4 cm³/mol. The van der Waals surface area contributed by atoms with Crippen LogP contribution < -0.4 is 5.73 Å². The fourth-order valence-corrected chi connectivity index (χ4v) is 1.81. The molecule has 1 atom stereocenters. The van der Waals surface area contributed by atoms with Crippen LogP contribution in [-0.4, -0.2) is 25.4 Å². The Balaban J connectivity index is 2.03. The van der Waals surface area contributed by atoms with Gasteiger partial charge in [0.1, 0.15) is 6.61 Å². The molecule has 2 nitrogen and oxygen atoms in total. The average molecular weight is 225 g/mol. The van der Waals surface area contributed by atoms with Crippen LogP contribution in [0.4, 0.5) is 13.2 Å². The summed E-state index contributed by atoms with van der Waals surface area (Å²) in [4.78, 5) is 0. The molecule has 2 N–H and O–H groups in total. The molecule has 0 amide bonds. The monoisotopic (exact) mass is 225 g/mol. The second-order valence-corrected chi connectivity index (χ2v) is 4.42. The zero-order valence-corrected chi connectivity index (χ0v) is 8.94. The summed E-state index contributed by atoms with van der Waals surface area (Å²) in [5.74, 6) is 0. The topological polar surface area (TPSA) is 35.2 Å². The Bertz CT molecular complexity index is 199. The van der Waals surface area contributed by atoms with E-state index < -0.39 is 12.8 Å². The molecule has 90 valence electrons. The first-order chi connectivity index (χ1) is 6.86. The predicted octanol–water partition coefficient (Wildman–Crippen LogP) is 2.47. The normalized spacial score (nSPS) is 21.4. The highest BCUT2D eigenvalue weighted by Crippen LogP contribution is 2.51. The van der Waals surface area contributed by atoms with E-state index in [4.69, 9.17) is 5.73 Å². The van der Waals surface area contributed by atoms with Gasteiger partial charge in [0.25, 0.3) is 0 Å². The second kappa shape index (κ2) is 4.70. The van der Waals surface area contributed by atoms with Gasteiger partial charge in [-0.1, -0.05) is 0 Å². The molecular formula is C10H18F3NO. The maximum atomic E-state index is 11.7. The minimum absolute atomic E-state index is 0.139. The second-order valence-electron chi connectivity index (χ2n) is 4.42. The molecule has 0 aromatic rings. The van der Waals surface area contributed by atoms with Crippen molar-refractivity contribution in [1.29, 1.82) is 0 Å². The van der Waals surface area contributed by atoms with Gasteiger partial charge < -0.3 is 10.5 Å². The zero-order valence-electron chi connectivity index (χ0n) is 8.94. The van der Waals surface area contributed by atoms with Crippen LogP contribution in [0.25, 0.3) is 0 Å². The van der Waals surface area contributed by atoms with Crippen molar-refractivity contribution in [3.8, 4) is 0 Å². The molecule has 0 spiro atoms. The van der Waals surface area contributed by atoms with Crippen molar-refractivity contribution in [2.24, 2.45) is 11.1 Å². The van der Waals surface area contributed by atoms with E-state index in [9.17, 15) is 13.2 Å². The summed E-state index contributed by atoms with van der Waals surface area (Å²) in [6, 6.07) is 0.139. The van der Waals surface area contributed by atoms with Gasteiger partial charge >= 0.3 is 6.18 Å². The van der Waals surface area contributed by atoms with E-state index >= 15 is 0 Å². The van der Waals surface area contributed by atoms with Gasteiger partial charge in [-0.25, -0.2) is 0 Å². The summed E-state index contributed by atoms with van der Waals surface area (Å²) < 4.78 is 39.7. The van der Waals surface area contributed by atoms with Gasteiger partial charge in [0.2, 0.25) is 0 Å². The molecule has 0 radical (unpaired) electrons. The third-order valence-corrected chi connectivity index (χ3v) is 3.09. The summed E-state index contributed by atoms with van der Waals surface area (Å²) in [5.41, 5.74) is 5.99. The standard InChI is InChI=1S/C10H18F3NO/c1-8(14)9(4-5-9)3-2-6-15-7-10(11,12)13/h8H,2-7,14H2,1H3. The Kier molecular flexibility index (Phi) is 4.00. The maximum absolute atomic E-state index is 11.7. The number of hydrogen-bond acceptors (Lipinski definition) is 2. The molecule has 0 heterocycles. The van der Waals surface area contributed by atoms with Crippen molar-refractivity contribution in [3.63, 3.8) is 0 Å². The lowest BCUT2D eigenvalue weighted by atomic mass is 9.93. The molecule has 0 aromatic heterocycles. The third-order valence-electron chi connectivity index (χ3n) is 3.09. The van der Waals surface area contributed by atoms with Gasteiger partial charge in [0.15, 0.2) is 0 Å². The molecular weight excluding hydrogens is 207 g/mol. The van der Waals surface area contributed by atoms with E-state index in [0.29, 0.717) is 6.42 Å². The first-order valence-corrected chi connectivity index (χ1v) is 5.26. The molecule has 0 saturated heterocycles. The zero-order chi connectivity index (χ0) is 11.5. The number of rotatable bonds is 6. The van der Waals surface area contributed by atoms with E-state index in [1.807, 2.05) is 6.92 Å². The van der Waals surface area contributed by atoms with Crippen LogP contribution in [0.3, 0.4) is 0 Å². The van der Waals surface area contributed by atoms with Crippen molar-refractivity contribution in [2.75, 3.05) is 13.2 Å². The van der Waals surface area contributed by atoms with Crippen LogP contribution in [0.2, 0.25) is 0 Å². The summed E-state index contributed by atoms with van der Waals surface area (Å²) >= 11 is 0. The fourth-order valence-electron chi connectivity index (χ4n) is 1.81. The van der Waals surface area contributed by atoms with E-state index in [0.717, 1.165) is 19.3 Å². The molecule has 1 aliphatic rings. The molecule has 1 fully saturated rings. The molecule has 0 aliphatic heterocycles. The first-order valence-electron chi connectivity index (χ1n) is 5.26. The Morgan fingerprint density at radius 2 is 2.00 bits per heavy atom. The minimum atomic E-state index is -4.21. The van der Waals surface area contributed by atoms with Crippen molar-refractivity contribution < 1.29 is 17.9 Å². The van der Waals surface area contributed by atoms with Crippen molar-refractivity contribution in [1.82, 2.24) is 0 Å². The Morgan fingerprint density at radius 3 is 2.40 bits per heavy atom. The average Bonchev–Trinajstić information content (AvgIpc) is 2.82. The van der Waals surface area contributed by atoms with Gasteiger partial charge in [0.05, 0.1) is 0 Å². The summed E-state index contributed by atoms with van der Waals surface area (Å²) in [7, 11) is 0. The van der Waals surface area contributed by atoms with E-state index in [-0.39, 0.29) is 18.1 Å². The molecule has 1 saturated carbocycles. The fraction of sp³-hybridized carbons (Fsp3) is 1.00. The highest BCUT2D eigenvalue weighted by molar-refractivity contribution is 4.98. The van der Waals surface area contributed by atoms with Gasteiger partial charge in [-0.3, -0.25) is 0 Å². The largest absolute Gasteiger partial charge is 0.411 e. The summed E-state index contributed by atoms with van der Waals surface area (Å²) in [6.07, 6.45) is -0.466.